The molecule has 0 saturated carbocycles. The summed E-state index contributed by atoms with van der Waals surface area (Å²) in [6.45, 7) is 5.96. The standard InChI is InChI=1S/C21H20N4OS/c1-13-7-6-8-16(11-13)22-20(26)15(3)27-21-24-23-19-12-14(2)17-9-4-5-10-18(17)25(19)21/h4-12,15H,1-3H3,(H,22,26). The van der Waals surface area contributed by atoms with Gasteiger partial charge in [0.15, 0.2) is 10.8 Å². The molecule has 5 nitrogen and oxygen atoms in total. The fourth-order valence-electron chi connectivity index (χ4n) is 3.13. The summed E-state index contributed by atoms with van der Waals surface area (Å²) in [4.78, 5) is 12.6. The van der Waals surface area contributed by atoms with Crippen LogP contribution >= 0.6 is 11.8 Å². The average molecular weight is 376 g/mol. The van der Waals surface area contributed by atoms with Gasteiger partial charge in [-0.2, -0.15) is 0 Å². The van der Waals surface area contributed by atoms with E-state index >= 15 is 0 Å². The molecule has 0 fully saturated rings. The Balaban J connectivity index is 1.63. The Morgan fingerprint density at radius 2 is 1.89 bits per heavy atom. The molecule has 0 aliphatic rings. The fourth-order valence-corrected chi connectivity index (χ4v) is 4.00. The van der Waals surface area contributed by atoms with Crippen LogP contribution < -0.4 is 5.32 Å². The molecule has 1 unspecified atom stereocenters. The Hall–Kier alpha value is -2.86. The lowest BCUT2D eigenvalue weighted by Crippen LogP contribution is -2.22. The minimum absolute atomic E-state index is 0.0567. The molecule has 6 heteroatoms. The number of anilines is 1. The van der Waals surface area contributed by atoms with E-state index in [4.69, 9.17) is 0 Å². The van der Waals surface area contributed by atoms with E-state index in [1.807, 2.05) is 60.7 Å². The number of aromatic nitrogens is 3. The van der Waals surface area contributed by atoms with E-state index in [1.54, 1.807) is 0 Å². The largest absolute Gasteiger partial charge is 0.325 e. The van der Waals surface area contributed by atoms with E-state index in [0.29, 0.717) is 5.16 Å². The van der Waals surface area contributed by atoms with Gasteiger partial charge >= 0.3 is 0 Å². The van der Waals surface area contributed by atoms with Crippen molar-refractivity contribution in [2.45, 2.75) is 31.2 Å². The molecule has 0 bridgehead atoms. The molecule has 0 saturated heterocycles. The highest BCUT2D eigenvalue weighted by atomic mass is 32.2. The molecule has 1 atom stereocenters. The zero-order chi connectivity index (χ0) is 19.0. The van der Waals surface area contributed by atoms with Gasteiger partial charge in [0.2, 0.25) is 5.91 Å². The van der Waals surface area contributed by atoms with Crippen molar-refractivity contribution in [3.05, 3.63) is 65.7 Å². The number of hydrogen-bond donors (Lipinski definition) is 1. The first kappa shape index (κ1) is 17.5. The summed E-state index contributed by atoms with van der Waals surface area (Å²) in [6, 6.07) is 18.0. The molecular formula is C21H20N4OS. The van der Waals surface area contributed by atoms with Gasteiger partial charge in [-0.25, -0.2) is 0 Å². The number of carbonyl (C=O) groups excluding carboxylic acids is 1. The highest BCUT2D eigenvalue weighted by Gasteiger charge is 2.19. The lowest BCUT2D eigenvalue weighted by molar-refractivity contribution is -0.115. The lowest BCUT2D eigenvalue weighted by Gasteiger charge is -2.12. The maximum atomic E-state index is 12.6. The van der Waals surface area contributed by atoms with Gasteiger partial charge in [-0.05, 0) is 56.2 Å². The third kappa shape index (κ3) is 3.40. The summed E-state index contributed by atoms with van der Waals surface area (Å²) in [7, 11) is 0. The smallest absolute Gasteiger partial charge is 0.237 e. The Kier molecular flexibility index (Phi) is 4.58. The molecule has 4 aromatic rings. The fraction of sp³-hybridized carbons (Fsp3) is 0.190. The number of thioether (sulfide) groups is 1. The summed E-state index contributed by atoms with van der Waals surface area (Å²) in [6.07, 6.45) is 0. The van der Waals surface area contributed by atoms with Crippen LogP contribution in [-0.2, 0) is 4.79 Å². The monoisotopic (exact) mass is 376 g/mol. The number of nitrogens with zero attached hydrogens (tertiary/aromatic N) is 3. The van der Waals surface area contributed by atoms with E-state index < -0.39 is 0 Å². The number of carbonyl (C=O) groups is 1. The molecular weight excluding hydrogens is 356 g/mol. The van der Waals surface area contributed by atoms with Gasteiger partial charge in [-0.1, -0.05) is 42.1 Å². The Morgan fingerprint density at radius 1 is 1.07 bits per heavy atom. The molecule has 0 radical (unpaired) electrons. The second kappa shape index (κ2) is 7.04. The Bertz CT molecular complexity index is 1150. The SMILES string of the molecule is Cc1cccc(NC(=O)C(C)Sc2nnc3cc(C)c4ccccc4n23)c1. The van der Waals surface area contributed by atoms with Gasteiger partial charge in [0.05, 0.1) is 10.8 Å². The second-order valence-corrected chi connectivity index (χ2v) is 7.95. The first-order valence-electron chi connectivity index (χ1n) is 8.80. The topological polar surface area (TPSA) is 59.3 Å². The molecule has 0 spiro atoms. The second-order valence-electron chi connectivity index (χ2n) is 6.64. The summed E-state index contributed by atoms with van der Waals surface area (Å²) in [5.41, 5.74) is 4.91. The first-order valence-corrected chi connectivity index (χ1v) is 9.68. The van der Waals surface area contributed by atoms with E-state index in [-0.39, 0.29) is 11.2 Å². The normalized spacial score (nSPS) is 12.4. The van der Waals surface area contributed by atoms with Crippen LogP contribution in [0.4, 0.5) is 5.69 Å². The zero-order valence-electron chi connectivity index (χ0n) is 15.4. The predicted molar refractivity (Wildman–Crippen MR) is 110 cm³/mol. The minimum atomic E-state index is -0.307. The molecule has 1 amide bonds. The van der Waals surface area contributed by atoms with Gasteiger partial charge in [0.1, 0.15) is 0 Å². The van der Waals surface area contributed by atoms with Crippen molar-refractivity contribution < 1.29 is 4.79 Å². The van der Waals surface area contributed by atoms with Gasteiger partial charge in [-0.3, -0.25) is 9.20 Å². The van der Waals surface area contributed by atoms with Crippen LogP contribution in [0, 0.1) is 13.8 Å². The summed E-state index contributed by atoms with van der Waals surface area (Å²) >= 11 is 1.41. The number of amides is 1. The molecule has 2 aromatic carbocycles. The van der Waals surface area contributed by atoms with E-state index in [1.165, 1.54) is 11.8 Å². The van der Waals surface area contributed by atoms with Crippen LogP contribution in [-0.4, -0.2) is 25.8 Å². The summed E-state index contributed by atoms with van der Waals surface area (Å²) in [5.74, 6) is -0.0567. The molecule has 136 valence electrons. The molecule has 1 N–H and O–H groups in total. The molecule has 2 aromatic heterocycles. The van der Waals surface area contributed by atoms with E-state index in [2.05, 4.69) is 34.6 Å². The third-order valence-corrected chi connectivity index (χ3v) is 5.55. The van der Waals surface area contributed by atoms with Crippen LogP contribution in [0.1, 0.15) is 18.1 Å². The van der Waals surface area contributed by atoms with Crippen molar-refractivity contribution >= 4 is 39.9 Å². The highest BCUT2D eigenvalue weighted by Crippen LogP contribution is 2.28. The van der Waals surface area contributed by atoms with Crippen LogP contribution in [0.2, 0.25) is 0 Å². The van der Waals surface area contributed by atoms with Crippen LogP contribution in [0.15, 0.2) is 59.8 Å². The summed E-state index contributed by atoms with van der Waals surface area (Å²) in [5, 5.41) is 13.2. The maximum absolute atomic E-state index is 12.6. The van der Waals surface area contributed by atoms with Gasteiger partial charge in [0.25, 0.3) is 0 Å². The zero-order valence-corrected chi connectivity index (χ0v) is 16.2. The molecule has 2 heterocycles. The number of pyridine rings is 1. The predicted octanol–water partition coefficient (Wildman–Crippen LogP) is 4.62. The lowest BCUT2D eigenvalue weighted by atomic mass is 10.1. The number of hydrogen-bond acceptors (Lipinski definition) is 4. The Morgan fingerprint density at radius 3 is 2.70 bits per heavy atom. The number of nitrogens with one attached hydrogen (secondary N) is 1. The Labute approximate surface area is 161 Å². The van der Waals surface area contributed by atoms with Crippen LogP contribution in [0.3, 0.4) is 0 Å². The van der Waals surface area contributed by atoms with Crippen molar-refractivity contribution in [1.29, 1.82) is 0 Å². The van der Waals surface area contributed by atoms with Crippen LogP contribution in [0.25, 0.3) is 16.6 Å². The van der Waals surface area contributed by atoms with Crippen molar-refractivity contribution in [1.82, 2.24) is 14.6 Å². The van der Waals surface area contributed by atoms with Crippen LogP contribution in [0.5, 0.6) is 0 Å². The van der Waals surface area contributed by atoms with Crippen molar-refractivity contribution in [3.8, 4) is 0 Å². The van der Waals surface area contributed by atoms with Crippen molar-refractivity contribution in [3.63, 3.8) is 0 Å². The van der Waals surface area contributed by atoms with E-state index in [9.17, 15) is 4.79 Å². The summed E-state index contributed by atoms with van der Waals surface area (Å²) < 4.78 is 2.02. The highest BCUT2D eigenvalue weighted by molar-refractivity contribution is 8.00. The number of fused-ring (bicyclic) bond motifs is 3. The van der Waals surface area contributed by atoms with E-state index in [0.717, 1.165) is 33.4 Å². The molecule has 0 aliphatic heterocycles. The third-order valence-electron chi connectivity index (χ3n) is 4.51. The number of rotatable bonds is 4. The minimum Gasteiger partial charge on any atom is -0.325 e. The quantitative estimate of drug-likeness (QED) is 0.528. The molecule has 4 rings (SSSR count). The molecule has 27 heavy (non-hydrogen) atoms. The van der Waals surface area contributed by atoms with Crippen molar-refractivity contribution in [2.75, 3.05) is 5.32 Å². The van der Waals surface area contributed by atoms with Gasteiger partial charge < -0.3 is 5.32 Å². The number of para-hydroxylation sites is 1. The van der Waals surface area contributed by atoms with Gasteiger partial charge in [0, 0.05) is 11.1 Å². The molecule has 0 aliphatic carbocycles. The number of benzene rings is 2. The van der Waals surface area contributed by atoms with Crippen molar-refractivity contribution in [2.24, 2.45) is 0 Å². The maximum Gasteiger partial charge on any atom is 0.237 e. The average Bonchev–Trinajstić information content (AvgIpc) is 3.04. The number of aryl methyl sites for hydroxylation is 2. The van der Waals surface area contributed by atoms with Gasteiger partial charge in [-0.15, -0.1) is 10.2 Å². The first-order chi connectivity index (χ1) is 13.0.